The summed E-state index contributed by atoms with van der Waals surface area (Å²) in [5, 5.41) is 19.9. The van der Waals surface area contributed by atoms with Crippen molar-refractivity contribution in [2.75, 3.05) is 13.1 Å². The predicted molar refractivity (Wildman–Crippen MR) is 72.9 cm³/mol. The van der Waals surface area contributed by atoms with E-state index in [2.05, 4.69) is 10.1 Å². The molecule has 0 bridgehead atoms. The first kappa shape index (κ1) is 13.2. The van der Waals surface area contributed by atoms with E-state index in [4.69, 9.17) is 10.6 Å². The van der Waals surface area contributed by atoms with Crippen LogP contribution in [-0.2, 0) is 11.3 Å². The van der Waals surface area contributed by atoms with Gasteiger partial charge in [-0.3, -0.25) is 25.0 Å². The first-order chi connectivity index (χ1) is 10.1. The largest absolute Gasteiger partial charge is 0.410 e. The number of guanidine groups is 1. The van der Waals surface area contributed by atoms with Crippen LogP contribution < -0.4 is 0 Å². The van der Waals surface area contributed by atoms with Gasteiger partial charge in [-0.2, -0.15) is 0 Å². The summed E-state index contributed by atoms with van der Waals surface area (Å²) in [6, 6.07) is 5.83. The van der Waals surface area contributed by atoms with E-state index in [1.165, 1.54) is 21.9 Å². The monoisotopic (exact) mass is 289 g/mol. The summed E-state index contributed by atoms with van der Waals surface area (Å²) in [6.07, 6.45) is 0. The molecule has 0 saturated carbocycles. The molecule has 2 N–H and O–H groups in total. The lowest BCUT2D eigenvalue weighted by Gasteiger charge is -2.34. The number of rotatable bonds is 2. The van der Waals surface area contributed by atoms with Gasteiger partial charge < -0.3 is 5.21 Å². The van der Waals surface area contributed by atoms with Crippen LogP contribution in [0.15, 0.2) is 34.4 Å². The fourth-order valence-corrected chi connectivity index (χ4v) is 2.33. The van der Waals surface area contributed by atoms with E-state index in [1.54, 1.807) is 12.1 Å². The highest BCUT2D eigenvalue weighted by Crippen LogP contribution is 2.18. The number of benzene rings is 1. The van der Waals surface area contributed by atoms with Crippen LogP contribution in [0.4, 0.5) is 4.39 Å². The normalized spacial score (nSPS) is 20.0. The highest BCUT2D eigenvalue weighted by atomic mass is 19.1. The van der Waals surface area contributed by atoms with Crippen molar-refractivity contribution in [1.82, 2.24) is 9.80 Å². The summed E-state index contributed by atoms with van der Waals surface area (Å²) in [7, 11) is 0. The number of halogens is 1. The summed E-state index contributed by atoms with van der Waals surface area (Å²) in [5.74, 6) is -0.736. The Morgan fingerprint density at radius 1 is 1.38 bits per heavy atom. The van der Waals surface area contributed by atoms with Gasteiger partial charge in [-0.15, -0.1) is 0 Å². The van der Waals surface area contributed by atoms with Crippen molar-refractivity contribution in [2.24, 2.45) is 10.1 Å². The molecule has 0 aromatic heterocycles. The van der Waals surface area contributed by atoms with Crippen molar-refractivity contribution < 1.29 is 14.4 Å². The number of hydrogen-bond acceptors (Lipinski definition) is 5. The number of oxime groups is 1. The molecule has 1 saturated heterocycles. The van der Waals surface area contributed by atoms with E-state index in [1.807, 2.05) is 0 Å². The zero-order chi connectivity index (χ0) is 15.0. The lowest BCUT2D eigenvalue weighted by Crippen LogP contribution is -2.58. The van der Waals surface area contributed by atoms with Crippen LogP contribution in [0.5, 0.6) is 0 Å². The Kier molecular flexibility index (Phi) is 3.13. The topological polar surface area (TPSA) is 92.3 Å². The molecule has 0 atom stereocenters. The average molecular weight is 289 g/mol. The number of nitrogens with zero attached hydrogens (tertiary/aromatic N) is 4. The lowest BCUT2D eigenvalue weighted by molar-refractivity contribution is -0.120. The molecule has 2 aliphatic heterocycles. The van der Waals surface area contributed by atoms with Gasteiger partial charge in [-0.25, -0.2) is 4.39 Å². The summed E-state index contributed by atoms with van der Waals surface area (Å²) in [4.78, 5) is 19.1. The summed E-state index contributed by atoms with van der Waals surface area (Å²) < 4.78 is 12.9. The molecule has 2 heterocycles. The molecule has 2 aliphatic rings. The molecule has 0 radical (unpaired) electrons. The minimum absolute atomic E-state index is 0.219. The Morgan fingerprint density at radius 3 is 2.76 bits per heavy atom. The highest BCUT2D eigenvalue weighted by Gasteiger charge is 2.41. The number of amidine groups is 1. The van der Waals surface area contributed by atoms with Crippen molar-refractivity contribution in [3.05, 3.63) is 35.6 Å². The Bertz CT molecular complexity index is 668. The van der Waals surface area contributed by atoms with Gasteiger partial charge in [0.1, 0.15) is 5.82 Å². The number of fused-ring (bicyclic) bond motifs is 1. The van der Waals surface area contributed by atoms with Crippen LogP contribution in [-0.4, -0.2) is 51.5 Å². The van der Waals surface area contributed by atoms with Gasteiger partial charge in [0.2, 0.25) is 11.7 Å². The maximum Gasteiger partial charge on any atom is 0.286 e. The third-order valence-electron chi connectivity index (χ3n) is 3.36. The Morgan fingerprint density at radius 2 is 2.10 bits per heavy atom. The first-order valence-electron chi connectivity index (χ1n) is 6.31. The second-order valence-corrected chi connectivity index (χ2v) is 4.65. The third kappa shape index (κ3) is 2.14. The van der Waals surface area contributed by atoms with Crippen LogP contribution in [0.25, 0.3) is 0 Å². The molecule has 1 amide bonds. The molecule has 1 aromatic rings. The Hall–Kier alpha value is -2.77. The van der Waals surface area contributed by atoms with Crippen molar-refractivity contribution in [3.8, 4) is 0 Å². The fourth-order valence-electron chi connectivity index (χ4n) is 2.33. The van der Waals surface area contributed by atoms with Gasteiger partial charge >= 0.3 is 0 Å². The standard InChI is InChI=1S/C13H12FN5O2/c14-9-3-1-8(2-4-9)7-19-11(15)10(17-21)12(20)18-6-5-16-13(18)19/h1-4,15,21H,5-7H2. The fraction of sp³-hybridized carbons (Fsp3) is 0.231. The molecule has 0 spiro atoms. The average Bonchev–Trinajstić information content (AvgIpc) is 2.96. The molecular formula is C13H12FN5O2. The quantitative estimate of drug-likeness (QED) is 0.618. The minimum Gasteiger partial charge on any atom is -0.410 e. The number of carbonyl (C=O) groups is 1. The Labute approximate surface area is 119 Å². The highest BCUT2D eigenvalue weighted by molar-refractivity contribution is 6.69. The molecular weight excluding hydrogens is 277 g/mol. The third-order valence-corrected chi connectivity index (χ3v) is 3.36. The molecule has 8 heteroatoms. The molecule has 1 aromatic carbocycles. The smallest absolute Gasteiger partial charge is 0.286 e. The lowest BCUT2D eigenvalue weighted by atomic mass is 10.1. The van der Waals surface area contributed by atoms with Crippen molar-refractivity contribution in [2.45, 2.75) is 6.54 Å². The number of amides is 1. The van der Waals surface area contributed by atoms with Crippen molar-refractivity contribution in [3.63, 3.8) is 0 Å². The number of hydrogen-bond donors (Lipinski definition) is 2. The molecule has 108 valence electrons. The molecule has 0 aliphatic carbocycles. The molecule has 1 fully saturated rings. The minimum atomic E-state index is -0.533. The van der Waals surface area contributed by atoms with Gasteiger partial charge in [-0.1, -0.05) is 17.3 Å². The van der Waals surface area contributed by atoms with Crippen LogP contribution in [0.3, 0.4) is 0 Å². The van der Waals surface area contributed by atoms with E-state index in [9.17, 15) is 9.18 Å². The summed E-state index contributed by atoms with van der Waals surface area (Å²) >= 11 is 0. The van der Waals surface area contributed by atoms with Crippen LogP contribution in [0, 0.1) is 11.2 Å². The maximum atomic E-state index is 12.9. The first-order valence-corrected chi connectivity index (χ1v) is 6.31. The van der Waals surface area contributed by atoms with Gasteiger partial charge in [0.05, 0.1) is 13.1 Å². The number of nitrogens with one attached hydrogen (secondary N) is 1. The number of carbonyl (C=O) groups excluding carboxylic acids is 1. The summed E-state index contributed by atoms with van der Waals surface area (Å²) in [5.41, 5.74) is 0.431. The number of aliphatic imine (C=N–C) groups is 1. The van der Waals surface area contributed by atoms with Crippen molar-refractivity contribution >= 4 is 23.4 Å². The van der Waals surface area contributed by atoms with E-state index in [0.717, 1.165) is 5.56 Å². The zero-order valence-electron chi connectivity index (χ0n) is 11.0. The van der Waals surface area contributed by atoms with Crippen LogP contribution in [0.1, 0.15) is 5.56 Å². The van der Waals surface area contributed by atoms with Gasteiger partial charge in [0, 0.05) is 6.54 Å². The van der Waals surface area contributed by atoms with Gasteiger partial charge in [0.15, 0.2) is 5.84 Å². The predicted octanol–water partition coefficient (Wildman–Crippen LogP) is 0.647. The second kappa shape index (κ2) is 4.97. The summed E-state index contributed by atoms with van der Waals surface area (Å²) in [6.45, 7) is 1.06. The van der Waals surface area contributed by atoms with E-state index in [-0.39, 0.29) is 23.9 Å². The Balaban J connectivity index is 1.94. The van der Waals surface area contributed by atoms with Crippen LogP contribution >= 0.6 is 0 Å². The van der Waals surface area contributed by atoms with Crippen molar-refractivity contribution in [1.29, 1.82) is 5.41 Å². The zero-order valence-corrected chi connectivity index (χ0v) is 11.0. The molecule has 3 rings (SSSR count). The molecule has 7 nitrogen and oxygen atoms in total. The van der Waals surface area contributed by atoms with E-state index >= 15 is 0 Å². The molecule has 0 unspecified atom stereocenters. The van der Waals surface area contributed by atoms with E-state index < -0.39 is 5.91 Å². The van der Waals surface area contributed by atoms with E-state index in [0.29, 0.717) is 19.0 Å². The SMILES string of the molecule is N=C1C(=NO)C(=O)N2CCN=C2N1Cc1ccc(F)cc1. The van der Waals surface area contributed by atoms with Gasteiger partial charge in [-0.05, 0) is 17.7 Å². The van der Waals surface area contributed by atoms with Gasteiger partial charge in [0.25, 0.3) is 5.91 Å². The maximum absolute atomic E-state index is 12.9. The van der Waals surface area contributed by atoms with Crippen LogP contribution in [0.2, 0.25) is 0 Å². The molecule has 21 heavy (non-hydrogen) atoms. The second-order valence-electron chi connectivity index (χ2n) is 4.65.